The largest absolute Gasteiger partial charge is 0.471 e. The Kier molecular flexibility index (Phi) is 4.04. The number of anilines is 1. The van der Waals surface area contributed by atoms with E-state index in [1.54, 1.807) is 6.92 Å². The van der Waals surface area contributed by atoms with E-state index >= 15 is 0 Å². The lowest BCUT2D eigenvalue weighted by molar-refractivity contribution is 0.294. The normalized spacial score (nSPS) is 10.4. The van der Waals surface area contributed by atoms with Crippen molar-refractivity contribution in [1.82, 2.24) is 9.97 Å². The highest BCUT2D eigenvalue weighted by atomic mass is 79.9. The zero-order chi connectivity index (χ0) is 13.1. The Labute approximate surface area is 118 Å². The maximum Gasteiger partial charge on any atom is 0.242 e. The molecular weight excluding hydrogens is 318 g/mol. The van der Waals surface area contributed by atoms with E-state index in [0.29, 0.717) is 23.9 Å². The van der Waals surface area contributed by atoms with Gasteiger partial charge in [0.05, 0.1) is 5.69 Å². The monoisotopic (exact) mass is 327 g/mol. The van der Waals surface area contributed by atoms with E-state index in [2.05, 4.69) is 25.9 Å². The summed E-state index contributed by atoms with van der Waals surface area (Å²) in [5, 5.41) is 0.129. The van der Waals surface area contributed by atoms with Gasteiger partial charge in [-0.1, -0.05) is 34.1 Å². The molecule has 0 unspecified atom stereocenters. The Morgan fingerprint density at radius 3 is 2.78 bits per heavy atom. The van der Waals surface area contributed by atoms with E-state index in [4.69, 9.17) is 22.1 Å². The first kappa shape index (κ1) is 13.1. The maximum absolute atomic E-state index is 5.83. The molecule has 0 radical (unpaired) electrons. The fourth-order valence-corrected chi connectivity index (χ4v) is 2.00. The lowest BCUT2D eigenvalue weighted by Gasteiger charge is -2.10. The molecule has 1 aromatic heterocycles. The lowest BCUT2D eigenvalue weighted by atomic mass is 10.2. The minimum Gasteiger partial charge on any atom is -0.471 e. The third-order valence-corrected chi connectivity index (χ3v) is 3.34. The zero-order valence-corrected chi connectivity index (χ0v) is 12.0. The quantitative estimate of drug-likeness (QED) is 0.878. The highest BCUT2D eigenvalue weighted by Gasteiger charge is 2.09. The third kappa shape index (κ3) is 2.91. The molecule has 0 aliphatic heterocycles. The number of hydrogen-bond acceptors (Lipinski definition) is 4. The molecule has 94 valence electrons. The van der Waals surface area contributed by atoms with Gasteiger partial charge in [-0.25, -0.2) is 4.98 Å². The lowest BCUT2D eigenvalue weighted by Crippen LogP contribution is -2.04. The second-order valence-electron chi connectivity index (χ2n) is 3.68. The number of aromatic nitrogens is 2. The summed E-state index contributed by atoms with van der Waals surface area (Å²) in [4.78, 5) is 7.92. The summed E-state index contributed by atoms with van der Waals surface area (Å²) >= 11 is 9.22. The van der Waals surface area contributed by atoms with Gasteiger partial charge < -0.3 is 10.5 Å². The van der Waals surface area contributed by atoms with E-state index < -0.39 is 0 Å². The van der Waals surface area contributed by atoms with Crippen LogP contribution in [0.25, 0.3) is 0 Å². The first-order valence-corrected chi connectivity index (χ1v) is 6.41. The molecule has 2 N–H and O–H groups in total. The summed E-state index contributed by atoms with van der Waals surface area (Å²) in [7, 11) is 0. The molecular formula is C12H11BrClN3O. The molecule has 18 heavy (non-hydrogen) atoms. The molecule has 0 aliphatic rings. The van der Waals surface area contributed by atoms with Gasteiger partial charge in [0.1, 0.15) is 12.3 Å². The number of benzene rings is 1. The van der Waals surface area contributed by atoms with Gasteiger partial charge in [-0.05, 0) is 24.6 Å². The fraction of sp³-hybridized carbons (Fsp3) is 0.167. The first-order valence-electron chi connectivity index (χ1n) is 5.23. The van der Waals surface area contributed by atoms with Gasteiger partial charge in [0.2, 0.25) is 11.2 Å². The molecule has 0 atom stereocenters. The van der Waals surface area contributed by atoms with Gasteiger partial charge in [-0.15, -0.1) is 0 Å². The van der Waals surface area contributed by atoms with Gasteiger partial charge in [-0.3, -0.25) is 0 Å². The first-order chi connectivity index (χ1) is 8.58. The van der Waals surface area contributed by atoms with Gasteiger partial charge >= 0.3 is 0 Å². The number of nitrogen functional groups attached to an aromatic ring is 1. The molecule has 0 bridgehead atoms. The summed E-state index contributed by atoms with van der Waals surface area (Å²) in [5.41, 5.74) is 7.85. The summed E-state index contributed by atoms with van der Waals surface area (Å²) in [6, 6.07) is 7.77. The fourth-order valence-electron chi connectivity index (χ4n) is 1.39. The van der Waals surface area contributed by atoms with Crippen molar-refractivity contribution in [2.24, 2.45) is 0 Å². The van der Waals surface area contributed by atoms with E-state index in [-0.39, 0.29) is 5.28 Å². The van der Waals surface area contributed by atoms with Crippen molar-refractivity contribution in [3.63, 3.8) is 0 Å². The van der Waals surface area contributed by atoms with Crippen LogP contribution in [-0.2, 0) is 6.61 Å². The number of nitrogens with zero attached hydrogens (tertiary/aromatic N) is 2. The summed E-state index contributed by atoms with van der Waals surface area (Å²) in [6.07, 6.45) is 0. The number of ether oxygens (including phenoxy) is 1. The summed E-state index contributed by atoms with van der Waals surface area (Å²) in [5.74, 6) is 0.309. The van der Waals surface area contributed by atoms with Crippen molar-refractivity contribution >= 4 is 33.2 Å². The van der Waals surface area contributed by atoms with Gasteiger partial charge in [-0.2, -0.15) is 4.98 Å². The number of aryl methyl sites for hydroxylation is 1. The van der Waals surface area contributed by atoms with Crippen LogP contribution in [0, 0.1) is 6.92 Å². The molecule has 0 aliphatic carbocycles. The summed E-state index contributed by atoms with van der Waals surface area (Å²) < 4.78 is 6.55. The highest BCUT2D eigenvalue weighted by Crippen LogP contribution is 2.25. The summed E-state index contributed by atoms with van der Waals surface area (Å²) in [6.45, 7) is 2.12. The Balaban J connectivity index is 2.18. The predicted molar refractivity (Wildman–Crippen MR) is 74.7 cm³/mol. The molecule has 4 nitrogen and oxygen atoms in total. The number of nitrogens with two attached hydrogens (primary N) is 1. The Morgan fingerprint density at radius 1 is 1.33 bits per heavy atom. The Morgan fingerprint density at radius 2 is 2.06 bits per heavy atom. The van der Waals surface area contributed by atoms with Crippen LogP contribution in [0.2, 0.25) is 5.28 Å². The van der Waals surface area contributed by atoms with Gasteiger partial charge in [0.15, 0.2) is 0 Å². The average Bonchev–Trinajstić information content (AvgIpc) is 2.33. The molecule has 0 fully saturated rings. The van der Waals surface area contributed by atoms with Crippen LogP contribution in [-0.4, -0.2) is 9.97 Å². The molecule has 0 saturated carbocycles. The Hall–Kier alpha value is -1.33. The van der Waals surface area contributed by atoms with Crippen LogP contribution in [0.3, 0.4) is 0 Å². The molecule has 2 aromatic rings. The maximum atomic E-state index is 5.83. The van der Waals surface area contributed by atoms with Crippen molar-refractivity contribution < 1.29 is 4.74 Å². The van der Waals surface area contributed by atoms with E-state index in [0.717, 1.165) is 10.0 Å². The molecule has 1 heterocycles. The van der Waals surface area contributed by atoms with Crippen LogP contribution in [0.5, 0.6) is 5.88 Å². The van der Waals surface area contributed by atoms with Gasteiger partial charge in [0.25, 0.3) is 0 Å². The van der Waals surface area contributed by atoms with Crippen LogP contribution < -0.4 is 10.5 Å². The standard InChI is InChI=1S/C12H11BrClN3O/c1-7-10(15)11(17-12(14)16-7)18-6-8-4-2-3-5-9(8)13/h2-5H,6,15H2,1H3. The van der Waals surface area contributed by atoms with Crippen molar-refractivity contribution in [2.45, 2.75) is 13.5 Å². The van der Waals surface area contributed by atoms with Crippen LogP contribution in [0.1, 0.15) is 11.3 Å². The number of hydrogen-bond donors (Lipinski definition) is 1. The van der Waals surface area contributed by atoms with Gasteiger partial charge in [0, 0.05) is 10.0 Å². The van der Waals surface area contributed by atoms with Crippen LogP contribution in [0.15, 0.2) is 28.7 Å². The van der Waals surface area contributed by atoms with Crippen molar-refractivity contribution in [3.05, 3.63) is 45.3 Å². The minimum absolute atomic E-state index is 0.129. The third-order valence-electron chi connectivity index (χ3n) is 2.40. The number of halogens is 2. The highest BCUT2D eigenvalue weighted by molar-refractivity contribution is 9.10. The topological polar surface area (TPSA) is 61.0 Å². The van der Waals surface area contributed by atoms with E-state index in [1.807, 2.05) is 24.3 Å². The molecule has 0 amide bonds. The van der Waals surface area contributed by atoms with Crippen LogP contribution >= 0.6 is 27.5 Å². The zero-order valence-electron chi connectivity index (χ0n) is 9.65. The molecule has 1 aromatic carbocycles. The smallest absolute Gasteiger partial charge is 0.242 e. The average molecular weight is 329 g/mol. The SMILES string of the molecule is Cc1nc(Cl)nc(OCc2ccccc2Br)c1N. The van der Waals surface area contributed by atoms with E-state index in [1.165, 1.54) is 0 Å². The molecule has 6 heteroatoms. The second kappa shape index (κ2) is 5.54. The van der Waals surface area contributed by atoms with E-state index in [9.17, 15) is 0 Å². The molecule has 0 spiro atoms. The van der Waals surface area contributed by atoms with Crippen molar-refractivity contribution in [2.75, 3.05) is 5.73 Å². The van der Waals surface area contributed by atoms with Crippen molar-refractivity contribution in [1.29, 1.82) is 0 Å². The predicted octanol–water partition coefficient (Wildman–Crippen LogP) is 3.36. The minimum atomic E-state index is 0.129. The van der Waals surface area contributed by atoms with Crippen LogP contribution in [0.4, 0.5) is 5.69 Å². The Bertz CT molecular complexity index is 577. The number of rotatable bonds is 3. The second-order valence-corrected chi connectivity index (χ2v) is 4.87. The molecule has 0 saturated heterocycles. The van der Waals surface area contributed by atoms with Crippen molar-refractivity contribution in [3.8, 4) is 5.88 Å². The molecule has 2 rings (SSSR count).